The van der Waals surface area contributed by atoms with Crippen LogP contribution in [-0.4, -0.2) is 61.6 Å². The average molecular weight is 1060 g/mol. The highest BCUT2D eigenvalue weighted by Crippen LogP contribution is 2.22. The van der Waals surface area contributed by atoms with Crippen LogP contribution in [0.15, 0.2) is 36.4 Å². The Balaban J connectivity index is 1.78. The molecule has 0 aliphatic rings. The first-order chi connectivity index (χ1) is 36.8. The van der Waals surface area contributed by atoms with E-state index >= 15 is 0 Å². The fraction of sp³-hybridized carbons (Fsp3) is 0.719. The van der Waals surface area contributed by atoms with Crippen LogP contribution in [0.3, 0.4) is 0 Å². The van der Waals surface area contributed by atoms with Crippen molar-refractivity contribution in [3.8, 4) is 0 Å². The van der Waals surface area contributed by atoms with Gasteiger partial charge in [0.25, 0.3) is 23.6 Å². The second-order valence-electron chi connectivity index (χ2n) is 21.9. The number of nitrogens with one attached hydrogen (secondary N) is 6. The number of unbranched alkanes of at least 4 members (excludes halogenated alkanes) is 15. The quantitative estimate of drug-likeness (QED) is 0.0360. The summed E-state index contributed by atoms with van der Waals surface area (Å²) in [5.74, 6) is 0.448. The molecule has 0 aliphatic heterocycles. The highest BCUT2D eigenvalue weighted by Gasteiger charge is 2.19. The van der Waals surface area contributed by atoms with Crippen molar-refractivity contribution in [3.05, 3.63) is 58.7 Å². The average Bonchev–Trinajstić information content (AvgIpc) is 3.42. The van der Waals surface area contributed by atoms with Crippen LogP contribution in [0.25, 0.3) is 0 Å². The number of hydrogen-bond donors (Lipinski definition) is 6. The van der Waals surface area contributed by atoms with E-state index in [0.29, 0.717) is 96.3 Å². The number of amides is 6. The minimum Gasteiger partial charge on any atom is -0.352 e. The van der Waals surface area contributed by atoms with Gasteiger partial charge in [-0.1, -0.05) is 197 Å². The molecule has 2 aromatic carbocycles. The molecule has 0 saturated carbocycles. The number of anilines is 2. The zero-order valence-corrected chi connectivity index (χ0v) is 49.3. The minimum atomic E-state index is -0.232. The molecule has 4 unspecified atom stereocenters. The van der Waals surface area contributed by atoms with E-state index in [9.17, 15) is 28.8 Å². The lowest BCUT2D eigenvalue weighted by molar-refractivity contribution is -0.117. The van der Waals surface area contributed by atoms with Gasteiger partial charge < -0.3 is 31.9 Å². The van der Waals surface area contributed by atoms with E-state index in [1.807, 2.05) is 0 Å². The molecular weight excluding hydrogens is 949 g/mol. The molecule has 0 fully saturated rings. The Kier molecular flexibility index (Phi) is 37.5. The maximum atomic E-state index is 13.4. The Morgan fingerprint density at radius 3 is 0.750 bits per heavy atom. The molecule has 12 heteroatoms. The first kappa shape index (κ1) is 67.4. The zero-order chi connectivity index (χ0) is 55.8. The Labute approximate surface area is 462 Å². The monoisotopic (exact) mass is 1060 g/mol. The zero-order valence-electron chi connectivity index (χ0n) is 49.3. The van der Waals surface area contributed by atoms with E-state index in [2.05, 4.69) is 87.3 Å². The Hall–Kier alpha value is -4.74. The molecule has 2 rings (SSSR count). The van der Waals surface area contributed by atoms with Gasteiger partial charge in [0.2, 0.25) is 11.8 Å². The van der Waals surface area contributed by atoms with Crippen LogP contribution in [0, 0.1) is 23.7 Å². The lowest BCUT2D eigenvalue weighted by Gasteiger charge is -2.17. The van der Waals surface area contributed by atoms with Crippen LogP contribution in [0.2, 0.25) is 0 Å². The molecule has 430 valence electrons. The number of benzene rings is 2. The van der Waals surface area contributed by atoms with Crippen LogP contribution < -0.4 is 31.9 Å². The van der Waals surface area contributed by atoms with Crippen molar-refractivity contribution in [2.75, 3.05) is 36.8 Å². The van der Waals surface area contributed by atoms with E-state index in [4.69, 9.17) is 0 Å². The van der Waals surface area contributed by atoms with Gasteiger partial charge in [0.15, 0.2) is 0 Å². The topological polar surface area (TPSA) is 175 Å². The fourth-order valence-corrected chi connectivity index (χ4v) is 9.84. The van der Waals surface area contributed by atoms with Gasteiger partial charge in [0.1, 0.15) is 0 Å². The third-order valence-electron chi connectivity index (χ3n) is 15.4. The van der Waals surface area contributed by atoms with Crippen molar-refractivity contribution < 1.29 is 28.8 Å². The van der Waals surface area contributed by atoms with Crippen LogP contribution in [0.5, 0.6) is 0 Å². The number of rotatable bonds is 45. The van der Waals surface area contributed by atoms with E-state index < -0.39 is 0 Å². The smallest absolute Gasteiger partial charge is 0.251 e. The summed E-state index contributed by atoms with van der Waals surface area (Å²) >= 11 is 0. The van der Waals surface area contributed by atoms with Gasteiger partial charge in [-0.2, -0.15) is 0 Å². The van der Waals surface area contributed by atoms with Crippen LogP contribution >= 0.6 is 0 Å². The Morgan fingerprint density at radius 1 is 0.316 bits per heavy atom. The summed E-state index contributed by atoms with van der Waals surface area (Å²) in [5.41, 5.74) is 2.45. The molecule has 6 N–H and O–H groups in total. The Morgan fingerprint density at radius 2 is 0.539 bits per heavy atom. The van der Waals surface area contributed by atoms with Gasteiger partial charge in [-0.15, -0.1) is 0 Å². The lowest BCUT2D eigenvalue weighted by atomic mass is 9.99. The third-order valence-corrected chi connectivity index (χ3v) is 15.4. The molecule has 2 aromatic rings. The third kappa shape index (κ3) is 29.7. The van der Waals surface area contributed by atoms with Crippen LogP contribution in [0.1, 0.15) is 289 Å². The van der Waals surface area contributed by atoms with Crippen LogP contribution in [0.4, 0.5) is 11.4 Å². The molecule has 12 nitrogen and oxygen atoms in total. The normalized spacial score (nSPS) is 12.8. The second-order valence-corrected chi connectivity index (χ2v) is 21.9. The maximum Gasteiger partial charge on any atom is 0.251 e. The molecule has 76 heavy (non-hydrogen) atoms. The van der Waals surface area contributed by atoms with Crippen molar-refractivity contribution in [2.24, 2.45) is 23.7 Å². The van der Waals surface area contributed by atoms with E-state index in [1.165, 1.54) is 25.7 Å². The molecule has 0 aliphatic carbocycles. The van der Waals surface area contributed by atoms with E-state index in [0.717, 1.165) is 154 Å². The second kappa shape index (κ2) is 42.3. The SMILES string of the molecule is CCCCC(CC)CNC(=O)c1cc(NC(=O)CCCCCCCCCCCCCCC(=O)Nc2cc(C(=O)NCC(CC)CCCC)cc(C(=O)NCC(CC)CCCC)c2)cc(C(=O)NCC(CC)CCCC)c1. The van der Waals surface area contributed by atoms with Gasteiger partial charge in [-0.3, -0.25) is 28.8 Å². The summed E-state index contributed by atoms with van der Waals surface area (Å²) in [4.78, 5) is 79.9. The minimum absolute atomic E-state index is 0.113. The molecule has 6 amide bonds. The molecule has 0 aromatic heterocycles. The maximum absolute atomic E-state index is 13.4. The highest BCUT2D eigenvalue weighted by molar-refractivity contribution is 6.04. The molecular formula is C64H108N6O6. The molecule has 0 spiro atoms. The summed E-state index contributed by atoms with van der Waals surface area (Å²) < 4.78 is 0. The summed E-state index contributed by atoms with van der Waals surface area (Å²) in [6, 6.07) is 10.0. The summed E-state index contributed by atoms with van der Waals surface area (Å²) in [6.07, 6.45) is 30.6. The van der Waals surface area contributed by atoms with Gasteiger partial charge in [-0.05, 0) is 98.6 Å². The van der Waals surface area contributed by atoms with Crippen molar-refractivity contribution in [1.29, 1.82) is 0 Å². The van der Waals surface area contributed by atoms with Crippen molar-refractivity contribution in [3.63, 3.8) is 0 Å². The molecule has 0 saturated heterocycles. The van der Waals surface area contributed by atoms with Gasteiger partial charge >= 0.3 is 0 Å². The molecule has 4 atom stereocenters. The van der Waals surface area contributed by atoms with Gasteiger partial charge in [0, 0.05) is 72.6 Å². The van der Waals surface area contributed by atoms with Crippen molar-refractivity contribution in [2.45, 2.75) is 248 Å². The standard InChI is InChI=1S/C64H108N6O6/c1-9-17-33-49(13-5)45-65-61(73)53-39-54(62(74)66-46-50(14-6)34-18-10-2)42-57(41-53)69-59(71)37-31-29-27-25-23-21-22-24-26-28-30-32-38-60(72)70-58-43-55(63(75)67-47-51(15-7)35-19-11-3)40-56(44-58)64(76)68-48-52(16-8)36-20-12-4/h39-44,49-52H,9-38,45-48H2,1-8H3,(H,65,73)(H,66,74)(H,67,75)(H,68,76)(H,69,71)(H,70,72). The van der Waals surface area contributed by atoms with Crippen molar-refractivity contribution >= 4 is 46.8 Å². The first-order valence-corrected chi connectivity index (χ1v) is 30.9. The Bertz CT molecular complexity index is 1720. The van der Waals surface area contributed by atoms with E-state index in [-0.39, 0.29) is 35.4 Å². The van der Waals surface area contributed by atoms with Crippen LogP contribution in [-0.2, 0) is 9.59 Å². The first-order valence-electron chi connectivity index (χ1n) is 30.9. The number of carbonyl (C=O) groups excluding carboxylic acids is 6. The summed E-state index contributed by atoms with van der Waals surface area (Å²) in [7, 11) is 0. The summed E-state index contributed by atoms with van der Waals surface area (Å²) in [5, 5.41) is 18.3. The molecule has 0 radical (unpaired) electrons. The number of hydrogen-bond acceptors (Lipinski definition) is 6. The van der Waals surface area contributed by atoms with Gasteiger partial charge in [-0.25, -0.2) is 0 Å². The largest absolute Gasteiger partial charge is 0.352 e. The van der Waals surface area contributed by atoms with Gasteiger partial charge in [0.05, 0.1) is 0 Å². The lowest BCUT2D eigenvalue weighted by Crippen LogP contribution is -2.31. The fourth-order valence-electron chi connectivity index (χ4n) is 9.84. The van der Waals surface area contributed by atoms with E-state index in [1.54, 1.807) is 36.4 Å². The summed E-state index contributed by atoms with van der Waals surface area (Å²) in [6.45, 7) is 19.6. The molecule has 0 heterocycles. The van der Waals surface area contributed by atoms with Crippen molar-refractivity contribution in [1.82, 2.24) is 21.3 Å². The predicted molar refractivity (Wildman–Crippen MR) is 317 cm³/mol. The number of carbonyl (C=O) groups is 6. The predicted octanol–water partition coefficient (Wildman–Crippen LogP) is 15.5. The highest BCUT2D eigenvalue weighted by atomic mass is 16.2. The molecule has 0 bridgehead atoms.